The Hall–Kier alpha value is -0.860. The minimum atomic E-state index is -0.609. The van der Waals surface area contributed by atoms with Gasteiger partial charge in [0, 0.05) is 0 Å². The molecule has 0 spiro atoms. The predicted octanol–water partition coefficient (Wildman–Crippen LogP) is 2.13. The van der Waals surface area contributed by atoms with Gasteiger partial charge in [0.15, 0.2) is 0 Å². The Labute approximate surface area is 97.7 Å². The first-order chi connectivity index (χ1) is 7.67. The molecule has 16 heavy (non-hydrogen) atoms. The lowest BCUT2D eigenvalue weighted by Gasteiger charge is -2.35. The van der Waals surface area contributed by atoms with Gasteiger partial charge >= 0.3 is 0 Å². The van der Waals surface area contributed by atoms with E-state index in [1.165, 1.54) is 11.1 Å². The van der Waals surface area contributed by atoms with E-state index < -0.39 is 5.60 Å². The zero-order valence-corrected chi connectivity index (χ0v) is 10.2. The van der Waals surface area contributed by atoms with E-state index >= 15 is 0 Å². The molecule has 1 atom stereocenters. The molecule has 0 saturated heterocycles. The molecule has 0 fully saturated rings. The SMILES string of the molecule is CNCCC1(O)CCCc2c(C)cccc21. The van der Waals surface area contributed by atoms with Crippen LogP contribution in [0, 0.1) is 6.92 Å². The summed E-state index contributed by atoms with van der Waals surface area (Å²) < 4.78 is 0. The molecule has 2 nitrogen and oxygen atoms in total. The van der Waals surface area contributed by atoms with Crippen LogP contribution >= 0.6 is 0 Å². The lowest BCUT2D eigenvalue weighted by Crippen LogP contribution is -2.34. The highest BCUT2D eigenvalue weighted by atomic mass is 16.3. The van der Waals surface area contributed by atoms with E-state index in [0.717, 1.165) is 37.8 Å². The predicted molar refractivity (Wildman–Crippen MR) is 66.6 cm³/mol. The first kappa shape index (κ1) is 11.6. The van der Waals surface area contributed by atoms with Gasteiger partial charge in [-0.15, -0.1) is 0 Å². The van der Waals surface area contributed by atoms with Crippen molar-refractivity contribution in [2.75, 3.05) is 13.6 Å². The second kappa shape index (κ2) is 4.56. The maximum Gasteiger partial charge on any atom is 0.0911 e. The standard InChI is InChI=1S/C14H21NO/c1-11-5-3-7-13-12(11)6-4-8-14(13,16)9-10-15-2/h3,5,7,15-16H,4,6,8-10H2,1-2H3. The van der Waals surface area contributed by atoms with E-state index in [9.17, 15) is 5.11 Å². The van der Waals surface area contributed by atoms with Crippen LogP contribution in [-0.2, 0) is 12.0 Å². The number of aliphatic hydroxyl groups is 1. The molecule has 88 valence electrons. The molecule has 1 aliphatic carbocycles. The van der Waals surface area contributed by atoms with Crippen molar-refractivity contribution in [3.05, 3.63) is 34.9 Å². The Morgan fingerprint density at radius 3 is 3.00 bits per heavy atom. The van der Waals surface area contributed by atoms with Gasteiger partial charge in [0.25, 0.3) is 0 Å². The second-order valence-corrected chi connectivity index (χ2v) is 4.84. The summed E-state index contributed by atoms with van der Waals surface area (Å²) in [7, 11) is 1.93. The minimum absolute atomic E-state index is 0.609. The Kier molecular flexibility index (Phi) is 3.31. The lowest BCUT2D eigenvalue weighted by atomic mass is 9.76. The molecule has 0 aromatic heterocycles. The van der Waals surface area contributed by atoms with Gasteiger partial charge in [-0.1, -0.05) is 18.2 Å². The lowest BCUT2D eigenvalue weighted by molar-refractivity contribution is 0.0108. The van der Waals surface area contributed by atoms with Gasteiger partial charge < -0.3 is 10.4 Å². The molecule has 0 aliphatic heterocycles. The second-order valence-electron chi connectivity index (χ2n) is 4.84. The summed E-state index contributed by atoms with van der Waals surface area (Å²) in [5, 5.41) is 13.9. The van der Waals surface area contributed by atoms with E-state index in [0.29, 0.717) is 0 Å². The van der Waals surface area contributed by atoms with Gasteiger partial charge in [0.2, 0.25) is 0 Å². The summed E-state index contributed by atoms with van der Waals surface area (Å²) in [5.41, 5.74) is 3.24. The zero-order chi connectivity index (χ0) is 11.6. The molecule has 0 bridgehead atoms. The third-order valence-electron chi connectivity index (χ3n) is 3.72. The van der Waals surface area contributed by atoms with E-state index in [2.05, 4.69) is 30.4 Å². The van der Waals surface area contributed by atoms with Gasteiger partial charge in [0.1, 0.15) is 0 Å². The third kappa shape index (κ3) is 2.00. The van der Waals surface area contributed by atoms with Crippen LogP contribution in [0.1, 0.15) is 36.0 Å². The van der Waals surface area contributed by atoms with Crippen LogP contribution in [0.3, 0.4) is 0 Å². The smallest absolute Gasteiger partial charge is 0.0911 e. The fraction of sp³-hybridized carbons (Fsp3) is 0.571. The number of rotatable bonds is 3. The fourth-order valence-electron chi connectivity index (χ4n) is 2.75. The molecule has 0 radical (unpaired) electrons. The molecule has 0 saturated carbocycles. The Morgan fingerprint density at radius 2 is 2.25 bits per heavy atom. The average molecular weight is 219 g/mol. The maximum absolute atomic E-state index is 10.7. The van der Waals surface area contributed by atoms with Crippen molar-refractivity contribution in [2.45, 2.75) is 38.2 Å². The largest absolute Gasteiger partial charge is 0.385 e. The van der Waals surface area contributed by atoms with E-state index in [1.807, 2.05) is 7.05 Å². The van der Waals surface area contributed by atoms with Crippen LogP contribution in [0.25, 0.3) is 0 Å². The van der Waals surface area contributed by atoms with Crippen LogP contribution in [0.4, 0.5) is 0 Å². The molecule has 1 unspecified atom stereocenters. The topological polar surface area (TPSA) is 32.3 Å². The highest BCUT2D eigenvalue weighted by molar-refractivity contribution is 5.40. The average Bonchev–Trinajstić information content (AvgIpc) is 2.28. The molecule has 2 rings (SSSR count). The van der Waals surface area contributed by atoms with Gasteiger partial charge in [-0.2, -0.15) is 0 Å². The molecule has 1 aliphatic rings. The van der Waals surface area contributed by atoms with Crippen LogP contribution < -0.4 is 5.32 Å². The van der Waals surface area contributed by atoms with Crippen molar-refractivity contribution in [1.29, 1.82) is 0 Å². The zero-order valence-electron chi connectivity index (χ0n) is 10.2. The van der Waals surface area contributed by atoms with Crippen LogP contribution in [-0.4, -0.2) is 18.7 Å². The number of fused-ring (bicyclic) bond motifs is 1. The summed E-state index contributed by atoms with van der Waals surface area (Å²) in [6, 6.07) is 6.30. The molecular weight excluding hydrogens is 198 g/mol. The summed E-state index contributed by atoms with van der Waals surface area (Å²) in [4.78, 5) is 0. The Balaban J connectivity index is 2.35. The van der Waals surface area contributed by atoms with E-state index in [-0.39, 0.29) is 0 Å². The minimum Gasteiger partial charge on any atom is -0.385 e. The first-order valence-corrected chi connectivity index (χ1v) is 6.13. The molecular formula is C14H21NO. The van der Waals surface area contributed by atoms with Crippen molar-refractivity contribution >= 4 is 0 Å². The normalized spacial score (nSPS) is 24.2. The molecule has 0 heterocycles. The molecule has 1 aromatic rings. The van der Waals surface area contributed by atoms with Crippen LogP contribution in [0.2, 0.25) is 0 Å². The summed E-state index contributed by atoms with van der Waals surface area (Å²) >= 11 is 0. The molecule has 0 amide bonds. The van der Waals surface area contributed by atoms with E-state index in [4.69, 9.17) is 0 Å². The number of nitrogens with one attached hydrogen (secondary N) is 1. The number of aryl methyl sites for hydroxylation is 1. The maximum atomic E-state index is 10.7. The van der Waals surface area contributed by atoms with Gasteiger partial charge in [-0.25, -0.2) is 0 Å². The van der Waals surface area contributed by atoms with Gasteiger partial charge in [-0.3, -0.25) is 0 Å². The monoisotopic (exact) mass is 219 g/mol. The van der Waals surface area contributed by atoms with Crippen molar-refractivity contribution in [1.82, 2.24) is 5.32 Å². The van der Waals surface area contributed by atoms with Crippen molar-refractivity contribution in [3.63, 3.8) is 0 Å². The highest BCUT2D eigenvalue weighted by Gasteiger charge is 2.33. The Morgan fingerprint density at radius 1 is 1.44 bits per heavy atom. The molecule has 2 N–H and O–H groups in total. The molecule has 1 aromatic carbocycles. The first-order valence-electron chi connectivity index (χ1n) is 6.13. The summed E-state index contributed by atoms with van der Waals surface area (Å²) in [6.45, 7) is 3.01. The van der Waals surface area contributed by atoms with Crippen molar-refractivity contribution in [3.8, 4) is 0 Å². The van der Waals surface area contributed by atoms with Crippen LogP contribution in [0.5, 0.6) is 0 Å². The summed E-state index contributed by atoms with van der Waals surface area (Å²) in [6.07, 6.45) is 3.91. The highest BCUT2D eigenvalue weighted by Crippen LogP contribution is 2.38. The summed E-state index contributed by atoms with van der Waals surface area (Å²) in [5.74, 6) is 0. The third-order valence-corrected chi connectivity index (χ3v) is 3.72. The number of hydrogen-bond donors (Lipinski definition) is 2. The van der Waals surface area contributed by atoms with Crippen molar-refractivity contribution < 1.29 is 5.11 Å². The van der Waals surface area contributed by atoms with Crippen molar-refractivity contribution in [2.24, 2.45) is 0 Å². The van der Waals surface area contributed by atoms with E-state index in [1.54, 1.807) is 0 Å². The number of hydrogen-bond acceptors (Lipinski definition) is 2. The Bertz CT molecular complexity index is 375. The van der Waals surface area contributed by atoms with Gasteiger partial charge in [0.05, 0.1) is 5.60 Å². The fourth-order valence-corrected chi connectivity index (χ4v) is 2.75. The molecule has 2 heteroatoms. The van der Waals surface area contributed by atoms with Gasteiger partial charge in [-0.05, 0) is 62.9 Å². The number of benzene rings is 1. The van der Waals surface area contributed by atoms with Crippen LogP contribution in [0.15, 0.2) is 18.2 Å². The quantitative estimate of drug-likeness (QED) is 0.816.